The number of non-ortho nitro benzene ring substituents is 1. The number of nitro benzene ring substituents is 1. The van der Waals surface area contributed by atoms with Crippen LogP contribution in [0, 0.1) is 15.9 Å². The highest BCUT2D eigenvalue weighted by Gasteiger charge is 2.11. The third-order valence-corrected chi connectivity index (χ3v) is 4.52. The second kappa shape index (κ2) is 10.5. The monoisotopic (exact) mass is 427 g/mol. The van der Waals surface area contributed by atoms with Crippen molar-refractivity contribution >= 4 is 17.3 Å². The van der Waals surface area contributed by atoms with Crippen LogP contribution in [0.5, 0.6) is 0 Å². The maximum absolute atomic E-state index is 12.6. The van der Waals surface area contributed by atoms with Crippen LogP contribution in [0.15, 0.2) is 109 Å². The molecule has 6 heteroatoms. The van der Waals surface area contributed by atoms with Gasteiger partial charge in [-0.05, 0) is 36.4 Å². The Labute approximate surface area is 183 Å². The molecule has 0 radical (unpaired) electrons. The molecule has 0 aliphatic heterocycles. The van der Waals surface area contributed by atoms with Gasteiger partial charge in [0.15, 0.2) is 11.6 Å². The molecule has 0 spiro atoms. The van der Waals surface area contributed by atoms with Gasteiger partial charge in [-0.3, -0.25) is 19.7 Å². The van der Waals surface area contributed by atoms with E-state index in [2.05, 4.69) is 0 Å². The van der Waals surface area contributed by atoms with E-state index in [9.17, 15) is 24.1 Å². The number of hydrogen-bond acceptors (Lipinski definition) is 4. The third-order valence-electron chi connectivity index (χ3n) is 4.52. The van der Waals surface area contributed by atoms with E-state index in [0.717, 1.165) is 0 Å². The Bertz CT molecular complexity index is 1210. The summed E-state index contributed by atoms with van der Waals surface area (Å²) in [7, 11) is 0. The molecule has 0 amide bonds. The van der Waals surface area contributed by atoms with E-state index < -0.39 is 4.92 Å². The SMILES string of the molecule is O=C(c1ccccc1)c1ccc(F)cc1.O=C(c1ccccc1)c1ccc([N+](=O)[O-])cc1. The van der Waals surface area contributed by atoms with Gasteiger partial charge in [-0.2, -0.15) is 0 Å². The molecule has 4 aromatic carbocycles. The number of hydrogen-bond donors (Lipinski definition) is 0. The van der Waals surface area contributed by atoms with Gasteiger partial charge in [-0.15, -0.1) is 0 Å². The number of halogens is 1. The van der Waals surface area contributed by atoms with Crippen molar-refractivity contribution in [2.75, 3.05) is 0 Å². The lowest BCUT2D eigenvalue weighted by atomic mass is 10.0. The predicted octanol–water partition coefficient (Wildman–Crippen LogP) is 5.88. The van der Waals surface area contributed by atoms with Gasteiger partial charge in [0.25, 0.3) is 5.69 Å². The lowest BCUT2D eigenvalue weighted by Gasteiger charge is -2.00. The van der Waals surface area contributed by atoms with Crippen LogP contribution >= 0.6 is 0 Å². The molecular formula is C26H18FNO4. The zero-order valence-electron chi connectivity index (χ0n) is 16.9. The summed E-state index contributed by atoms with van der Waals surface area (Å²) in [4.78, 5) is 33.8. The van der Waals surface area contributed by atoms with E-state index in [1.807, 2.05) is 12.1 Å². The zero-order valence-corrected chi connectivity index (χ0v) is 16.9. The minimum absolute atomic E-state index is 0.0189. The van der Waals surface area contributed by atoms with E-state index in [1.165, 1.54) is 48.5 Å². The number of rotatable bonds is 5. The van der Waals surface area contributed by atoms with Crippen LogP contribution in [0.2, 0.25) is 0 Å². The highest BCUT2D eigenvalue weighted by Crippen LogP contribution is 2.15. The van der Waals surface area contributed by atoms with Crippen LogP contribution in [0.4, 0.5) is 10.1 Å². The van der Waals surface area contributed by atoms with Crippen LogP contribution in [0.3, 0.4) is 0 Å². The van der Waals surface area contributed by atoms with Crippen LogP contribution < -0.4 is 0 Å². The van der Waals surface area contributed by atoms with Crippen molar-refractivity contribution in [3.8, 4) is 0 Å². The summed E-state index contributed by atoms with van der Waals surface area (Å²) in [6, 6.07) is 28.9. The van der Waals surface area contributed by atoms with E-state index >= 15 is 0 Å². The number of nitrogens with zero attached hydrogens (tertiary/aromatic N) is 1. The first-order chi connectivity index (χ1) is 15.5. The van der Waals surface area contributed by atoms with Gasteiger partial charge in [0, 0.05) is 34.4 Å². The molecular weight excluding hydrogens is 409 g/mol. The molecule has 0 unspecified atom stereocenters. The molecule has 0 bridgehead atoms. The van der Waals surface area contributed by atoms with Crippen molar-refractivity contribution in [1.82, 2.24) is 0 Å². The summed E-state index contributed by atoms with van der Waals surface area (Å²) in [5, 5.41) is 10.5. The van der Waals surface area contributed by atoms with Crippen molar-refractivity contribution in [2.45, 2.75) is 0 Å². The fourth-order valence-corrected chi connectivity index (χ4v) is 2.85. The molecule has 0 fully saturated rings. The Balaban J connectivity index is 0.000000182. The van der Waals surface area contributed by atoms with Crippen molar-refractivity contribution in [3.05, 3.63) is 147 Å². The van der Waals surface area contributed by atoms with Gasteiger partial charge in [0.1, 0.15) is 5.82 Å². The van der Waals surface area contributed by atoms with Crippen molar-refractivity contribution < 1.29 is 18.9 Å². The fraction of sp³-hybridized carbons (Fsp3) is 0. The van der Waals surface area contributed by atoms with Gasteiger partial charge < -0.3 is 0 Å². The molecule has 0 heterocycles. The van der Waals surface area contributed by atoms with Gasteiger partial charge >= 0.3 is 0 Å². The molecule has 32 heavy (non-hydrogen) atoms. The topological polar surface area (TPSA) is 77.3 Å². The maximum Gasteiger partial charge on any atom is 0.269 e. The Hall–Kier alpha value is -4.45. The second-order valence-electron chi connectivity index (χ2n) is 6.70. The molecule has 4 aromatic rings. The Morgan fingerprint density at radius 3 is 1.28 bits per heavy atom. The molecule has 4 rings (SSSR count). The molecule has 0 saturated carbocycles. The molecule has 0 aliphatic carbocycles. The number of benzene rings is 4. The largest absolute Gasteiger partial charge is 0.289 e. The van der Waals surface area contributed by atoms with Crippen molar-refractivity contribution in [1.29, 1.82) is 0 Å². The number of carbonyl (C=O) groups is 2. The Morgan fingerprint density at radius 1 is 0.562 bits per heavy atom. The summed E-state index contributed by atoms with van der Waals surface area (Å²) in [5.74, 6) is -0.560. The van der Waals surface area contributed by atoms with E-state index in [4.69, 9.17) is 0 Å². The summed E-state index contributed by atoms with van der Waals surface area (Å²) in [6.07, 6.45) is 0. The number of nitro groups is 1. The van der Waals surface area contributed by atoms with Crippen molar-refractivity contribution in [3.63, 3.8) is 0 Å². The number of carbonyl (C=O) groups excluding carboxylic acids is 2. The first-order valence-corrected chi connectivity index (χ1v) is 9.65. The quantitative estimate of drug-likeness (QED) is 0.226. The second-order valence-corrected chi connectivity index (χ2v) is 6.70. The van der Waals surface area contributed by atoms with Crippen LogP contribution in [0.25, 0.3) is 0 Å². The van der Waals surface area contributed by atoms with Gasteiger partial charge in [-0.25, -0.2) is 4.39 Å². The average molecular weight is 427 g/mol. The molecule has 0 aliphatic rings. The summed E-state index contributed by atoms with van der Waals surface area (Å²) >= 11 is 0. The highest BCUT2D eigenvalue weighted by atomic mass is 19.1. The summed E-state index contributed by atoms with van der Waals surface area (Å²) < 4.78 is 12.6. The lowest BCUT2D eigenvalue weighted by molar-refractivity contribution is -0.384. The minimum Gasteiger partial charge on any atom is -0.289 e. The number of ketones is 2. The highest BCUT2D eigenvalue weighted by molar-refractivity contribution is 6.09. The first-order valence-electron chi connectivity index (χ1n) is 9.65. The van der Waals surface area contributed by atoms with Gasteiger partial charge in [-0.1, -0.05) is 60.7 Å². The Morgan fingerprint density at radius 2 is 0.906 bits per heavy atom. The van der Waals surface area contributed by atoms with Crippen LogP contribution in [0.1, 0.15) is 31.8 Å². The zero-order chi connectivity index (χ0) is 22.9. The molecule has 0 aromatic heterocycles. The molecule has 0 atom stereocenters. The minimum atomic E-state index is -0.489. The Kier molecular flexibility index (Phi) is 7.33. The maximum atomic E-state index is 12.6. The predicted molar refractivity (Wildman–Crippen MR) is 119 cm³/mol. The normalized spacial score (nSPS) is 9.91. The first kappa shape index (κ1) is 22.2. The van der Waals surface area contributed by atoms with Crippen molar-refractivity contribution in [2.24, 2.45) is 0 Å². The van der Waals surface area contributed by atoms with Gasteiger partial charge in [0.2, 0.25) is 0 Å². The van der Waals surface area contributed by atoms with E-state index in [0.29, 0.717) is 22.3 Å². The molecule has 5 nitrogen and oxygen atoms in total. The standard InChI is InChI=1S/C13H9FO.C13H9NO3/c14-12-8-6-11(7-9-12)13(15)10-4-2-1-3-5-10;15-13(10-4-2-1-3-5-10)11-6-8-12(9-7-11)14(16)17/h1-9H;1-9H. The van der Waals surface area contributed by atoms with Crippen LogP contribution in [-0.2, 0) is 0 Å². The van der Waals surface area contributed by atoms with Crippen LogP contribution in [-0.4, -0.2) is 16.5 Å². The smallest absolute Gasteiger partial charge is 0.269 e. The van der Waals surface area contributed by atoms with Gasteiger partial charge in [0.05, 0.1) is 4.92 Å². The average Bonchev–Trinajstić information content (AvgIpc) is 2.85. The van der Waals surface area contributed by atoms with E-state index in [1.54, 1.807) is 48.5 Å². The van der Waals surface area contributed by atoms with E-state index in [-0.39, 0.29) is 23.1 Å². The third kappa shape index (κ3) is 5.79. The molecule has 0 saturated heterocycles. The summed E-state index contributed by atoms with van der Waals surface area (Å²) in [5.41, 5.74) is 2.12. The molecule has 158 valence electrons. The molecule has 0 N–H and O–H groups in total. The summed E-state index contributed by atoms with van der Waals surface area (Å²) in [6.45, 7) is 0. The fourth-order valence-electron chi connectivity index (χ4n) is 2.85. The lowest BCUT2D eigenvalue weighted by Crippen LogP contribution is -2.00.